The van der Waals surface area contributed by atoms with Crippen molar-refractivity contribution in [2.45, 2.75) is 45.8 Å². The van der Waals surface area contributed by atoms with Crippen molar-refractivity contribution in [2.75, 3.05) is 25.0 Å². The highest BCUT2D eigenvalue weighted by atomic mass is 19.1. The Bertz CT molecular complexity index is 1020. The lowest BCUT2D eigenvalue weighted by Gasteiger charge is -2.32. The summed E-state index contributed by atoms with van der Waals surface area (Å²) < 4.78 is 33.3. The van der Waals surface area contributed by atoms with Gasteiger partial charge < -0.3 is 20.3 Å². The van der Waals surface area contributed by atoms with Gasteiger partial charge in [-0.05, 0) is 52.1 Å². The molecule has 10 heteroatoms. The van der Waals surface area contributed by atoms with Crippen LogP contribution in [0.1, 0.15) is 50.9 Å². The second-order valence-electron chi connectivity index (χ2n) is 8.37. The first kappa shape index (κ1) is 24.3. The van der Waals surface area contributed by atoms with Crippen LogP contribution in [-0.2, 0) is 4.74 Å². The Balaban J connectivity index is 1.53. The van der Waals surface area contributed by atoms with Crippen molar-refractivity contribution < 1.29 is 18.3 Å². The molecule has 1 unspecified atom stereocenters. The van der Waals surface area contributed by atoms with Gasteiger partial charge >= 0.3 is 6.09 Å². The Morgan fingerprint density at radius 1 is 1.21 bits per heavy atom. The number of amides is 1. The van der Waals surface area contributed by atoms with Gasteiger partial charge in [0.2, 0.25) is 0 Å². The van der Waals surface area contributed by atoms with Crippen LogP contribution in [0.15, 0.2) is 24.5 Å². The van der Waals surface area contributed by atoms with Crippen molar-refractivity contribution in [1.82, 2.24) is 20.2 Å². The Morgan fingerprint density at radius 2 is 1.94 bits per heavy atom. The summed E-state index contributed by atoms with van der Waals surface area (Å²) in [4.78, 5) is 22.1. The number of hydrogen-bond acceptors (Lipinski definition) is 7. The molecule has 0 saturated carbocycles. The number of hydrogen-bond donors (Lipinski definition) is 2. The molecule has 1 aliphatic rings. The molecule has 1 saturated heterocycles. The number of aromatic nitrogens is 2. The molecular weight excluding hydrogens is 430 g/mol. The minimum atomic E-state index is -0.811. The lowest BCUT2D eigenvalue weighted by molar-refractivity contribution is 0.0651. The van der Waals surface area contributed by atoms with E-state index in [0.717, 1.165) is 31.5 Å². The number of piperidine rings is 1. The molecule has 1 fully saturated rings. The summed E-state index contributed by atoms with van der Waals surface area (Å²) in [7, 11) is 0. The van der Waals surface area contributed by atoms with Crippen LogP contribution in [0.25, 0.3) is 0 Å². The number of nitriles is 1. The highest BCUT2D eigenvalue weighted by Crippen LogP contribution is 2.24. The first-order valence-corrected chi connectivity index (χ1v) is 10.9. The zero-order valence-corrected chi connectivity index (χ0v) is 18.9. The summed E-state index contributed by atoms with van der Waals surface area (Å²) in [5, 5.41) is 15.0. The van der Waals surface area contributed by atoms with Gasteiger partial charge in [-0.1, -0.05) is 0 Å². The van der Waals surface area contributed by atoms with E-state index in [-0.39, 0.29) is 29.5 Å². The van der Waals surface area contributed by atoms with E-state index in [1.165, 1.54) is 6.33 Å². The van der Waals surface area contributed by atoms with Gasteiger partial charge in [0.05, 0.1) is 23.0 Å². The number of carbonyl (C=O) groups is 1. The van der Waals surface area contributed by atoms with Crippen LogP contribution in [0.3, 0.4) is 0 Å². The van der Waals surface area contributed by atoms with Gasteiger partial charge in [0.1, 0.15) is 29.8 Å². The van der Waals surface area contributed by atoms with Crippen molar-refractivity contribution in [3.63, 3.8) is 0 Å². The Hall–Kier alpha value is -3.32. The maximum atomic E-state index is 14.2. The summed E-state index contributed by atoms with van der Waals surface area (Å²) >= 11 is 0. The zero-order valence-electron chi connectivity index (χ0n) is 18.9. The SMILES string of the molecule is CC(C)OC(=O)N1CCC(CNC(C)c2cc(Nc3cc(F)c(C#N)cc3F)ncn2)CC1. The molecule has 1 aromatic heterocycles. The number of anilines is 2. The van der Waals surface area contributed by atoms with E-state index < -0.39 is 11.6 Å². The molecule has 3 rings (SSSR count). The fraction of sp³-hybridized carbons (Fsp3) is 0.478. The fourth-order valence-electron chi connectivity index (χ4n) is 3.59. The van der Waals surface area contributed by atoms with Crippen LogP contribution < -0.4 is 10.6 Å². The van der Waals surface area contributed by atoms with Gasteiger partial charge in [-0.3, -0.25) is 0 Å². The highest BCUT2D eigenvalue weighted by molar-refractivity contribution is 5.67. The molecule has 1 aromatic carbocycles. The molecule has 2 heterocycles. The molecule has 1 amide bonds. The summed E-state index contributed by atoms with van der Waals surface area (Å²) in [6.07, 6.45) is 2.73. The Morgan fingerprint density at radius 3 is 2.61 bits per heavy atom. The van der Waals surface area contributed by atoms with Crippen LogP contribution in [0.5, 0.6) is 0 Å². The minimum absolute atomic E-state index is 0.0972. The van der Waals surface area contributed by atoms with E-state index in [1.54, 1.807) is 17.0 Å². The van der Waals surface area contributed by atoms with E-state index in [1.807, 2.05) is 20.8 Å². The van der Waals surface area contributed by atoms with E-state index in [4.69, 9.17) is 10.00 Å². The van der Waals surface area contributed by atoms with Gasteiger partial charge in [-0.25, -0.2) is 23.5 Å². The van der Waals surface area contributed by atoms with Crippen molar-refractivity contribution in [3.05, 3.63) is 47.4 Å². The van der Waals surface area contributed by atoms with E-state index >= 15 is 0 Å². The molecule has 2 N–H and O–H groups in total. The molecule has 0 bridgehead atoms. The van der Waals surface area contributed by atoms with E-state index in [9.17, 15) is 13.6 Å². The largest absolute Gasteiger partial charge is 0.447 e. The normalized spacial score (nSPS) is 15.2. The van der Waals surface area contributed by atoms with Crippen LogP contribution in [0.4, 0.5) is 25.1 Å². The molecule has 0 aliphatic carbocycles. The van der Waals surface area contributed by atoms with Gasteiger partial charge in [-0.2, -0.15) is 5.26 Å². The molecule has 0 spiro atoms. The average molecular weight is 459 g/mol. The van der Waals surface area contributed by atoms with Crippen molar-refractivity contribution in [3.8, 4) is 6.07 Å². The summed E-state index contributed by atoms with van der Waals surface area (Å²) in [5.41, 5.74) is 0.224. The third-order valence-corrected chi connectivity index (χ3v) is 5.49. The third kappa shape index (κ3) is 6.58. The predicted octanol–water partition coefficient (Wildman–Crippen LogP) is 4.28. The monoisotopic (exact) mass is 458 g/mol. The summed E-state index contributed by atoms with van der Waals surface area (Å²) in [6, 6.07) is 4.95. The quantitative estimate of drug-likeness (QED) is 0.638. The number of halogens is 2. The fourth-order valence-corrected chi connectivity index (χ4v) is 3.59. The number of nitrogens with one attached hydrogen (secondary N) is 2. The molecule has 8 nitrogen and oxygen atoms in total. The first-order chi connectivity index (χ1) is 15.8. The van der Waals surface area contributed by atoms with Crippen LogP contribution in [-0.4, -0.2) is 46.7 Å². The van der Waals surface area contributed by atoms with Crippen LogP contribution in [0, 0.1) is 28.9 Å². The second-order valence-corrected chi connectivity index (χ2v) is 8.37. The van der Waals surface area contributed by atoms with Gasteiger partial charge in [-0.15, -0.1) is 0 Å². The van der Waals surface area contributed by atoms with Crippen LogP contribution >= 0.6 is 0 Å². The number of benzene rings is 1. The number of ether oxygens (including phenoxy) is 1. The average Bonchev–Trinajstić information content (AvgIpc) is 2.79. The number of rotatable bonds is 7. The van der Waals surface area contributed by atoms with E-state index in [2.05, 4.69) is 20.6 Å². The second kappa shape index (κ2) is 11.0. The van der Waals surface area contributed by atoms with Gasteiger partial charge in [0.15, 0.2) is 0 Å². The molecular formula is C23H28F2N6O2. The minimum Gasteiger partial charge on any atom is -0.447 e. The van der Waals surface area contributed by atoms with Gasteiger partial charge in [0, 0.05) is 31.3 Å². The molecule has 2 aromatic rings. The number of carbonyl (C=O) groups excluding carboxylic acids is 1. The Kier molecular flexibility index (Phi) is 8.11. The molecule has 0 radical (unpaired) electrons. The third-order valence-electron chi connectivity index (χ3n) is 5.49. The van der Waals surface area contributed by atoms with E-state index in [0.29, 0.717) is 30.5 Å². The van der Waals surface area contributed by atoms with Crippen molar-refractivity contribution >= 4 is 17.6 Å². The molecule has 33 heavy (non-hydrogen) atoms. The summed E-state index contributed by atoms with van der Waals surface area (Å²) in [6.45, 7) is 7.73. The lowest BCUT2D eigenvalue weighted by atomic mass is 9.96. The topological polar surface area (TPSA) is 103 Å². The lowest BCUT2D eigenvalue weighted by Crippen LogP contribution is -2.42. The Labute approximate surface area is 192 Å². The molecule has 176 valence electrons. The predicted molar refractivity (Wildman–Crippen MR) is 119 cm³/mol. The molecule has 1 atom stereocenters. The summed E-state index contributed by atoms with van der Waals surface area (Å²) in [5.74, 6) is -0.823. The maximum Gasteiger partial charge on any atom is 0.410 e. The maximum absolute atomic E-state index is 14.2. The highest BCUT2D eigenvalue weighted by Gasteiger charge is 2.24. The molecule has 1 aliphatic heterocycles. The standard InChI is InChI=1S/C23H28F2N6O2/c1-14(2)33-23(32)31-6-4-16(5-7-31)12-27-15(3)20-10-22(29-13-28-20)30-21-9-18(24)17(11-26)8-19(21)25/h8-10,13-16,27H,4-7,12H2,1-3H3,(H,28,29,30). The smallest absolute Gasteiger partial charge is 0.410 e. The zero-order chi connectivity index (χ0) is 24.0. The van der Waals surface area contributed by atoms with Crippen molar-refractivity contribution in [2.24, 2.45) is 5.92 Å². The first-order valence-electron chi connectivity index (χ1n) is 10.9. The van der Waals surface area contributed by atoms with Crippen molar-refractivity contribution in [1.29, 1.82) is 5.26 Å². The van der Waals surface area contributed by atoms with Crippen LogP contribution in [0.2, 0.25) is 0 Å². The van der Waals surface area contributed by atoms with Gasteiger partial charge in [0.25, 0.3) is 0 Å². The number of nitrogens with zero attached hydrogens (tertiary/aromatic N) is 4. The number of likely N-dealkylation sites (tertiary alicyclic amines) is 1.